The van der Waals surface area contributed by atoms with Crippen molar-refractivity contribution in [2.75, 3.05) is 6.54 Å². The Kier molecular flexibility index (Phi) is 7.54. The molecule has 1 aromatic carbocycles. The highest BCUT2D eigenvalue weighted by atomic mass is 79.9. The molecule has 0 heterocycles. The summed E-state index contributed by atoms with van der Waals surface area (Å²) in [6.07, 6.45) is 0.619. The molecule has 0 fully saturated rings. The molecule has 0 aliphatic heterocycles. The Labute approximate surface area is 129 Å². The van der Waals surface area contributed by atoms with Crippen molar-refractivity contribution in [2.24, 2.45) is 5.73 Å². The number of sulfonamides is 1. The summed E-state index contributed by atoms with van der Waals surface area (Å²) in [5.74, 6) is 0. The summed E-state index contributed by atoms with van der Waals surface area (Å²) in [6, 6.07) is 3.48. The molecular formula is C12H20BrClN2O2S. The van der Waals surface area contributed by atoms with Gasteiger partial charge >= 0.3 is 0 Å². The lowest BCUT2D eigenvalue weighted by Gasteiger charge is -2.12. The number of rotatable bonds is 5. The van der Waals surface area contributed by atoms with Gasteiger partial charge in [-0.05, 0) is 50.5 Å². The van der Waals surface area contributed by atoms with Gasteiger partial charge in [-0.1, -0.05) is 15.9 Å². The van der Waals surface area contributed by atoms with Crippen LogP contribution in [-0.2, 0) is 10.0 Å². The van der Waals surface area contributed by atoms with E-state index in [2.05, 4.69) is 20.7 Å². The van der Waals surface area contributed by atoms with E-state index >= 15 is 0 Å². The highest BCUT2D eigenvalue weighted by Crippen LogP contribution is 2.24. The van der Waals surface area contributed by atoms with E-state index in [0.29, 0.717) is 17.9 Å². The maximum absolute atomic E-state index is 12.1. The number of aryl methyl sites for hydroxylation is 2. The fraction of sp³-hybridized carbons (Fsp3) is 0.500. The van der Waals surface area contributed by atoms with Crippen LogP contribution in [0.2, 0.25) is 0 Å². The van der Waals surface area contributed by atoms with Crippen LogP contribution in [0.1, 0.15) is 24.5 Å². The lowest BCUT2D eigenvalue weighted by molar-refractivity contribution is 0.571. The zero-order valence-corrected chi connectivity index (χ0v) is 14.5. The summed E-state index contributed by atoms with van der Waals surface area (Å²) >= 11 is 3.39. The third kappa shape index (κ3) is 5.39. The average molecular weight is 372 g/mol. The van der Waals surface area contributed by atoms with Crippen molar-refractivity contribution < 1.29 is 8.42 Å². The Morgan fingerprint density at radius 1 is 1.32 bits per heavy atom. The van der Waals surface area contributed by atoms with Gasteiger partial charge in [0.2, 0.25) is 10.0 Å². The highest BCUT2D eigenvalue weighted by Gasteiger charge is 2.17. The molecule has 1 unspecified atom stereocenters. The van der Waals surface area contributed by atoms with E-state index < -0.39 is 10.0 Å². The number of nitrogens with two attached hydrogens (primary N) is 1. The van der Waals surface area contributed by atoms with Crippen molar-refractivity contribution >= 4 is 38.4 Å². The molecule has 1 atom stereocenters. The molecule has 0 spiro atoms. The van der Waals surface area contributed by atoms with E-state index in [1.165, 1.54) is 0 Å². The van der Waals surface area contributed by atoms with Crippen molar-refractivity contribution in [1.82, 2.24) is 4.72 Å². The molecule has 4 nitrogen and oxygen atoms in total. The minimum atomic E-state index is -3.45. The van der Waals surface area contributed by atoms with Crippen LogP contribution in [0.3, 0.4) is 0 Å². The summed E-state index contributed by atoms with van der Waals surface area (Å²) in [7, 11) is -3.45. The van der Waals surface area contributed by atoms with Gasteiger partial charge in [-0.2, -0.15) is 0 Å². The topological polar surface area (TPSA) is 72.2 Å². The SMILES string of the molecule is Cc1cc(S(=O)(=O)NCCC(C)N)c(C)cc1Br.Cl. The molecule has 0 bridgehead atoms. The number of benzene rings is 1. The van der Waals surface area contributed by atoms with E-state index in [-0.39, 0.29) is 18.4 Å². The van der Waals surface area contributed by atoms with E-state index in [0.717, 1.165) is 15.6 Å². The van der Waals surface area contributed by atoms with Gasteiger partial charge in [0.15, 0.2) is 0 Å². The molecule has 19 heavy (non-hydrogen) atoms. The van der Waals surface area contributed by atoms with Crippen molar-refractivity contribution in [1.29, 1.82) is 0 Å². The smallest absolute Gasteiger partial charge is 0.240 e. The molecular weight excluding hydrogens is 352 g/mol. The van der Waals surface area contributed by atoms with Gasteiger partial charge in [0.1, 0.15) is 0 Å². The molecule has 0 aromatic heterocycles. The molecule has 0 radical (unpaired) electrons. The predicted molar refractivity (Wildman–Crippen MR) is 84.3 cm³/mol. The highest BCUT2D eigenvalue weighted by molar-refractivity contribution is 9.10. The molecule has 0 saturated carbocycles. The van der Waals surface area contributed by atoms with Gasteiger partial charge in [0.05, 0.1) is 4.90 Å². The first-order valence-corrected chi connectivity index (χ1v) is 8.03. The van der Waals surface area contributed by atoms with Crippen LogP contribution in [0.25, 0.3) is 0 Å². The van der Waals surface area contributed by atoms with E-state index in [9.17, 15) is 8.42 Å². The maximum atomic E-state index is 12.1. The first-order chi connectivity index (χ1) is 8.24. The van der Waals surface area contributed by atoms with Crippen LogP contribution in [0.15, 0.2) is 21.5 Å². The lowest BCUT2D eigenvalue weighted by atomic mass is 10.2. The molecule has 7 heteroatoms. The van der Waals surface area contributed by atoms with Gasteiger partial charge in [0, 0.05) is 17.1 Å². The molecule has 1 rings (SSSR count). The van der Waals surface area contributed by atoms with Gasteiger partial charge in [-0.3, -0.25) is 0 Å². The molecule has 3 N–H and O–H groups in total. The summed E-state index contributed by atoms with van der Waals surface area (Å²) in [5, 5.41) is 0. The molecule has 110 valence electrons. The summed E-state index contributed by atoms with van der Waals surface area (Å²) in [6.45, 7) is 5.85. The van der Waals surface area contributed by atoms with Crippen molar-refractivity contribution in [3.05, 3.63) is 27.7 Å². The molecule has 1 aromatic rings. The van der Waals surface area contributed by atoms with Crippen LogP contribution in [-0.4, -0.2) is 21.0 Å². The lowest BCUT2D eigenvalue weighted by Crippen LogP contribution is -2.29. The quantitative estimate of drug-likeness (QED) is 0.835. The van der Waals surface area contributed by atoms with Crippen LogP contribution in [0.5, 0.6) is 0 Å². The largest absolute Gasteiger partial charge is 0.328 e. The number of hydrogen-bond donors (Lipinski definition) is 2. The Hall–Kier alpha value is -0.140. The van der Waals surface area contributed by atoms with Crippen LogP contribution >= 0.6 is 28.3 Å². The number of nitrogens with one attached hydrogen (secondary N) is 1. The third-order valence-corrected chi connectivity index (χ3v) is 5.09. The fourth-order valence-corrected chi connectivity index (χ4v) is 3.36. The Bertz CT molecular complexity index is 533. The summed E-state index contributed by atoms with van der Waals surface area (Å²) in [5.41, 5.74) is 7.21. The van der Waals surface area contributed by atoms with Crippen molar-refractivity contribution in [3.8, 4) is 0 Å². The second-order valence-electron chi connectivity index (χ2n) is 4.53. The molecule has 0 aliphatic carbocycles. The van der Waals surface area contributed by atoms with Gasteiger partial charge < -0.3 is 5.73 Å². The first kappa shape index (κ1) is 18.9. The Balaban J connectivity index is 0.00000324. The van der Waals surface area contributed by atoms with Crippen molar-refractivity contribution in [2.45, 2.75) is 38.1 Å². The monoisotopic (exact) mass is 370 g/mol. The minimum absolute atomic E-state index is 0. The zero-order chi connectivity index (χ0) is 13.9. The fourth-order valence-electron chi connectivity index (χ4n) is 1.54. The van der Waals surface area contributed by atoms with Crippen LogP contribution in [0, 0.1) is 13.8 Å². The van der Waals surface area contributed by atoms with E-state index in [1.54, 1.807) is 13.0 Å². The first-order valence-electron chi connectivity index (χ1n) is 5.76. The van der Waals surface area contributed by atoms with Crippen LogP contribution in [0.4, 0.5) is 0 Å². The average Bonchev–Trinajstić information content (AvgIpc) is 2.22. The standard InChI is InChI=1S/C12H19BrN2O2S.ClH/c1-8-7-12(9(2)6-11(8)13)18(16,17)15-5-4-10(3)14;/h6-7,10,15H,4-5,14H2,1-3H3;1H. The summed E-state index contributed by atoms with van der Waals surface area (Å²) < 4.78 is 27.7. The summed E-state index contributed by atoms with van der Waals surface area (Å²) in [4.78, 5) is 0.327. The third-order valence-electron chi connectivity index (χ3n) is 2.64. The molecule has 0 amide bonds. The van der Waals surface area contributed by atoms with Crippen molar-refractivity contribution in [3.63, 3.8) is 0 Å². The predicted octanol–water partition coefficient (Wildman–Crippen LogP) is 2.50. The Morgan fingerprint density at radius 3 is 2.42 bits per heavy atom. The second-order valence-corrected chi connectivity index (χ2v) is 7.12. The maximum Gasteiger partial charge on any atom is 0.240 e. The number of hydrogen-bond acceptors (Lipinski definition) is 3. The second kappa shape index (κ2) is 7.59. The molecule has 0 aliphatic rings. The molecule has 0 saturated heterocycles. The normalized spacial score (nSPS) is 12.9. The van der Waals surface area contributed by atoms with Gasteiger partial charge in [-0.25, -0.2) is 13.1 Å². The van der Waals surface area contributed by atoms with Crippen LogP contribution < -0.4 is 10.5 Å². The minimum Gasteiger partial charge on any atom is -0.328 e. The number of halogens is 2. The van der Waals surface area contributed by atoms with E-state index in [4.69, 9.17) is 5.73 Å². The van der Waals surface area contributed by atoms with Gasteiger partial charge in [0.25, 0.3) is 0 Å². The Morgan fingerprint density at radius 2 is 1.89 bits per heavy atom. The van der Waals surface area contributed by atoms with Gasteiger partial charge in [-0.15, -0.1) is 12.4 Å². The zero-order valence-electron chi connectivity index (χ0n) is 11.2. The van der Waals surface area contributed by atoms with E-state index in [1.807, 2.05) is 19.9 Å².